The van der Waals surface area contributed by atoms with Crippen molar-refractivity contribution in [1.29, 1.82) is 0 Å². The molecule has 0 atom stereocenters. The van der Waals surface area contributed by atoms with Crippen molar-refractivity contribution in [2.24, 2.45) is 0 Å². The van der Waals surface area contributed by atoms with E-state index in [0.29, 0.717) is 0 Å². The predicted octanol–water partition coefficient (Wildman–Crippen LogP) is 17.7. The van der Waals surface area contributed by atoms with Gasteiger partial charge >= 0.3 is 0 Å². The van der Waals surface area contributed by atoms with Gasteiger partial charge < -0.3 is 9.32 Å². The minimum absolute atomic E-state index is 0.878. The Hall–Kier alpha value is -8.46. The maximum Gasteiger partial charge on any atom is 0.143 e. The van der Waals surface area contributed by atoms with Crippen LogP contribution >= 0.6 is 0 Å². The fourth-order valence-corrected chi connectivity index (χ4v) is 9.54. The van der Waals surface area contributed by atoms with E-state index in [9.17, 15) is 0 Å². The third-order valence-electron chi connectivity index (χ3n) is 12.7. The molecule has 0 unspecified atom stereocenters. The van der Waals surface area contributed by atoms with Gasteiger partial charge in [-0.25, -0.2) is 0 Å². The van der Waals surface area contributed by atoms with Crippen molar-refractivity contribution in [3.8, 4) is 55.6 Å². The normalized spacial score (nSPS) is 11.4. The van der Waals surface area contributed by atoms with E-state index in [1.54, 1.807) is 0 Å². The van der Waals surface area contributed by atoms with Crippen LogP contribution in [0.15, 0.2) is 253 Å². The van der Waals surface area contributed by atoms with Crippen LogP contribution in [0, 0.1) is 0 Å². The molecular weight excluding hydrogens is 775 g/mol. The van der Waals surface area contributed by atoms with E-state index in [2.05, 4.69) is 254 Å². The zero-order valence-electron chi connectivity index (χ0n) is 35.0. The number of anilines is 3. The molecule has 0 aliphatic rings. The molecule has 0 fully saturated rings. The largest absolute Gasteiger partial charge is 0.455 e. The molecule has 11 aromatic carbocycles. The van der Waals surface area contributed by atoms with Crippen molar-refractivity contribution >= 4 is 60.5 Å². The molecule has 0 radical (unpaired) electrons. The van der Waals surface area contributed by atoms with Crippen molar-refractivity contribution in [3.05, 3.63) is 249 Å². The van der Waals surface area contributed by atoms with E-state index in [0.717, 1.165) is 61.1 Å². The Balaban J connectivity index is 0.965. The SMILES string of the molecule is c1ccc(-c2cccc(-c3ccc(N(c4ccc(-c5ccc(-c6cccc7ccccc67)cc5)cc4)c4ccccc4-c4cccc5oc6c7ccccc7ccc6c45)cc3)c2)cc1. The average Bonchev–Trinajstić information content (AvgIpc) is 3.77. The summed E-state index contributed by atoms with van der Waals surface area (Å²) in [4.78, 5) is 2.39. The van der Waals surface area contributed by atoms with Gasteiger partial charge in [0.1, 0.15) is 11.2 Å². The number of hydrogen-bond acceptors (Lipinski definition) is 2. The van der Waals surface area contributed by atoms with Gasteiger partial charge in [0, 0.05) is 33.1 Å². The highest BCUT2D eigenvalue weighted by Gasteiger charge is 2.21. The Labute approximate surface area is 372 Å². The van der Waals surface area contributed by atoms with Gasteiger partial charge in [-0.2, -0.15) is 0 Å². The van der Waals surface area contributed by atoms with Gasteiger partial charge in [-0.15, -0.1) is 0 Å². The summed E-state index contributed by atoms with van der Waals surface area (Å²) < 4.78 is 6.68. The summed E-state index contributed by atoms with van der Waals surface area (Å²) in [6.45, 7) is 0. The van der Waals surface area contributed by atoms with Gasteiger partial charge in [-0.05, 0) is 115 Å². The number of fused-ring (bicyclic) bond motifs is 6. The predicted molar refractivity (Wildman–Crippen MR) is 271 cm³/mol. The van der Waals surface area contributed by atoms with E-state index in [4.69, 9.17) is 4.42 Å². The number of para-hydroxylation sites is 1. The lowest BCUT2D eigenvalue weighted by atomic mass is 9.95. The van der Waals surface area contributed by atoms with Gasteiger partial charge in [0.25, 0.3) is 0 Å². The number of rotatable bonds is 8. The quantitative estimate of drug-likeness (QED) is 0.152. The van der Waals surface area contributed by atoms with Crippen molar-refractivity contribution < 1.29 is 4.42 Å². The van der Waals surface area contributed by atoms with E-state index in [-0.39, 0.29) is 0 Å². The summed E-state index contributed by atoms with van der Waals surface area (Å²) in [6.07, 6.45) is 0. The number of hydrogen-bond donors (Lipinski definition) is 0. The van der Waals surface area contributed by atoms with E-state index in [1.165, 1.54) is 55.1 Å². The van der Waals surface area contributed by atoms with Crippen LogP contribution in [0.25, 0.3) is 99.1 Å². The van der Waals surface area contributed by atoms with Crippen molar-refractivity contribution in [3.63, 3.8) is 0 Å². The summed E-state index contributed by atoms with van der Waals surface area (Å²) in [5, 5.41) is 7.04. The lowest BCUT2D eigenvalue weighted by molar-refractivity contribution is 0.673. The Morgan fingerprint density at radius 2 is 0.766 bits per heavy atom. The first-order valence-electron chi connectivity index (χ1n) is 21.9. The molecule has 0 bridgehead atoms. The Kier molecular flexibility index (Phi) is 9.20. The van der Waals surface area contributed by atoms with Crippen LogP contribution in [0.4, 0.5) is 17.1 Å². The zero-order chi connectivity index (χ0) is 42.4. The van der Waals surface area contributed by atoms with Crippen LogP contribution in [0.2, 0.25) is 0 Å². The van der Waals surface area contributed by atoms with Gasteiger partial charge in [0.2, 0.25) is 0 Å². The number of nitrogens with zero attached hydrogens (tertiary/aromatic N) is 1. The molecule has 12 rings (SSSR count). The molecule has 2 heteroatoms. The van der Waals surface area contributed by atoms with Crippen LogP contribution in [-0.4, -0.2) is 0 Å². The van der Waals surface area contributed by atoms with Crippen LogP contribution in [0.1, 0.15) is 0 Å². The summed E-state index contributed by atoms with van der Waals surface area (Å²) >= 11 is 0. The molecule has 1 heterocycles. The molecule has 1 aromatic heterocycles. The second-order valence-corrected chi connectivity index (χ2v) is 16.4. The molecule has 300 valence electrons. The second kappa shape index (κ2) is 15.8. The fourth-order valence-electron chi connectivity index (χ4n) is 9.54. The first-order chi connectivity index (χ1) is 31.7. The number of furan rings is 1. The minimum Gasteiger partial charge on any atom is -0.455 e. The lowest BCUT2D eigenvalue weighted by Gasteiger charge is -2.28. The summed E-state index contributed by atoms with van der Waals surface area (Å²) in [5.74, 6) is 0. The lowest BCUT2D eigenvalue weighted by Crippen LogP contribution is -2.11. The van der Waals surface area contributed by atoms with Gasteiger partial charge in [-0.3, -0.25) is 0 Å². The Morgan fingerprint density at radius 3 is 1.50 bits per heavy atom. The van der Waals surface area contributed by atoms with Crippen molar-refractivity contribution in [2.75, 3.05) is 4.90 Å². The summed E-state index contributed by atoms with van der Waals surface area (Å²) in [6, 6.07) is 89.6. The molecule has 0 saturated carbocycles. The summed E-state index contributed by atoms with van der Waals surface area (Å²) in [7, 11) is 0. The molecule has 0 saturated heterocycles. The maximum atomic E-state index is 6.68. The van der Waals surface area contributed by atoms with Crippen molar-refractivity contribution in [1.82, 2.24) is 0 Å². The highest BCUT2D eigenvalue weighted by Crippen LogP contribution is 2.46. The first kappa shape index (κ1) is 37.3. The molecule has 0 spiro atoms. The van der Waals surface area contributed by atoms with Gasteiger partial charge in [-0.1, -0.05) is 200 Å². The molecule has 0 N–H and O–H groups in total. The van der Waals surface area contributed by atoms with Gasteiger partial charge in [0.05, 0.1) is 5.69 Å². The fraction of sp³-hybridized carbons (Fsp3) is 0. The third kappa shape index (κ3) is 6.61. The molecule has 12 aromatic rings. The van der Waals surface area contributed by atoms with Crippen LogP contribution < -0.4 is 4.90 Å². The highest BCUT2D eigenvalue weighted by molar-refractivity contribution is 6.19. The molecule has 0 aliphatic carbocycles. The summed E-state index contributed by atoms with van der Waals surface area (Å²) in [5.41, 5.74) is 16.8. The molecule has 0 aliphatic heterocycles. The van der Waals surface area contributed by atoms with Crippen LogP contribution in [0.3, 0.4) is 0 Å². The highest BCUT2D eigenvalue weighted by atomic mass is 16.3. The Morgan fingerprint density at radius 1 is 0.281 bits per heavy atom. The zero-order valence-corrected chi connectivity index (χ0v) is 35.0. The van der Waals surface area contributed by atoms with Gasteiger partial charge in [0.15, 0.2) is 0 Å². The van der Waals surface area contributed by atoms with E-state index in [1.807, 2.05) is 0 Å². The third-order valence-corrected chi connectivity index (χ3v) is 12.7. The monoisotopic (exact) mass is 815 g/mol. The first-order valence-corrected chi connectivity index (χ1v) is 21.9. The number of benzene rings is 11. The van der Waals surface area contributed by atoms with Crippen LogP contribution in [-0.2, 0) is 0 Å². The van der Waals surface area contributed by atoms with E-state index >= 15 is 0 Å². The smallest absolute Gasteiger partial charge is 0.143 e. The standard InChI is InChI=1S/C62H41NO/c1-2-13-42(14-3-1)49-18-10-19-50(41-49)45-33-38-52(39-34-45)63(51-36-31-44(32-37-51)43-27-29-48(30-28-43)54-23-11-17-46-15-4-6-20-53(46)54)59-25-9-8-22-56(59)57-24-12-26-60-61(57)58-40-35-47-16-5-7-21-55(47)62(58)64-60/h1-41H. The maximum absolute atomic E-state index is 6.68. The molecular formula is C62H41NO. The minimum atomic E-state index is 0.878. The second-order valence-electron chi connectivity index (χ2n) is 16.4. The average molecular weight is 816 g/mol. The van der Waals surface area contributed by atoms with Crippen LogP contribution in [0.5, 0.6) is 0 Å². The molecule has 64 heavy (non-hydrogen) atoms. The Bertz CT molecular complexity index is 3630. The molecule has 0 amide bonds. The van der Waals surface area contributed by atoms with E-state index < -0.39 is 0 Å². The molecule has 2 nitrogen and oxygen atoms in total. The topological polar surface area (TPSA) is 16.4 Å². The van der Waals surface area contributed by atoms with Crippen molar-refractivity contribution in [2.45, 2.75) is 0 Å².